The van der Waals surface area contributed by atoms with Gasteiger partial charge in [0.25, 0.3) is 11.8 Å². The summed E-state index contributed by atoms with van der Waals surface area (Å²) in [4.78, 5) is 36.9. The number of urea groups is 1. The normalized spacial score (nSPS) is 15.4. The van der Waals surface area contributed by atoms with Crippen molar-refractivity contribution in [3.8, 4) is 0 Å². The van der Waals surface area contributed by atoms with Gasteiger partial charge in [0.15, 0.2) is 0 Å². The zero-order chi connectivity index (χ0) is 13.3. The molecule has 0 aliphatic carbocycles. The lowest BCUT2D eigenvalue weighted by Gasteiger charge is -2.13. The number of nitrogens with zero attached hydrogens (tertiary/aromatic N) is 2. The van der Waals surface area contributed by atoms with E-state index in [1.807, 2.05) is 5.43 Å². The second-order valence-corrected chi connectivity index (χ2v) is 3.85. The van der Waals surface area contributed by atoms with Crippen molar-refractivity contribution in [3.05, 3.63) is 23.7 Å². The summed E-state index contributed by atoms with van der Waals surface area (Å²) >= 11 is 0. The maximum absolute atomic E-state index is 11.7. The molecule has 1 fully saturated rings. The molecule has 3 N–H and O–H groups in total. The molecule has 2 rings (SSSR count). The summed E-state index contributed by atoms with van der Waals surface area (Å²) in [7, 11) is 1.52. The highest BCUT2D eigenvalue weighted by atomic mass is 16.3. The Labute approximate surface area is 102 Å². The van der Waals surface area contributed by atoms with E-state index in [4.69, 9.17) is 10.3 Å². The van der Waals surface area contributed by atoms with E-state index < -0.39 is 11.9 Å². The number of nitrogen functional groups attached to an aromatic ring is 1. The first kappa shape index (κ1) is 12.1. The standard InChI is InChI=1S/C10H12N4O4/c1-13-5-8(15)14(10(13)17)4-7-6(2-3-18-7)9(16)12-11/h2-3H,4-5,11H2,1H3,(H,12,16). The molecule has 8 nitrogen and oxygen atoms in total. The molecule has 8 heteroatoms. The highest BCUT2D eigenvalue weighted by Crippen LogP contribution is 2.17. The van der Waals surface area contributed by atoms with E-state index in [1.54, 1.807) is 0 Å². The molecule has 96 valence electrons. The van der Waals surface area contributed by atoms with E-state index in [9.17, 15) is 14.4 Å². The number of rotatable bonds is 3. The van der Waals surface area contributed by atoms with E-state index in [-0.39, 0.29) is 30.3 Å². The molecule has 1 aromatic heterocycles. The first-order valence-corrected chi connectivity index (χ1v) is 5.17. The molecular formula is C10H12N4O4. The number of hydrogen-bond acceptors (Lipinski definition) is 5. The second-order valence-electron chi connectivity index (χ2n) is 3.85. The predicted octanol–water partition coefficient (Wildman–Crippen LogP) is -0.723. The lowest BCUT2D eigenvalue weighted by atomic mass is 10.2. The van der Waals surface area contributed by atoms with Crippen LogP contribution in [0.15, 0.2) is 16.7 Å². The number of amides is 4. The average molecular weight is 252 g/mol. The molecule has 4 amide bonds. The predicted molar refractivity (Wildman–Crippen MR) is 58.9 cm³/mol. The van der Waals surface area contributed by atoms with Crippen molar-refractivity contribution in [1.82, 2.24) is 15.2 Å². The Bertz CT molecular complexity index is 510. The van der Waals surface area contributed by atoms with Crippen molar-refractivity contribution in [1.29, 1.82) is 0 Å². The quantitative estimate of drug-likeness (QED) is 0.319. The van der Waals surface area contributed by atoms with Crippen LogP contribution in [0.1, 0.15) is 16.1 Å². The number of nitrogens with two attached hydrogens (primary N) is 1. The van der Waals surface area contributed by atoms with Gasteiger partial charge < -0.3 is 9.32 Å². The Morgan fingerprint density at radius 1 is 1.56 bits per heavy atom. The Morgan fingerprint density at radius 3 is 2.83 bits per heavy atom. The van der Waals surface area contributed by atoms with Crippen molar-refractivity contribution in [3.63, 3.8) is 0 Å². The summed E-state index contributed by atoms with van der Waals surface area (Å²) in [5.41, 5.74) is 2.17. The van der Waals surface area contributed by atoms with Gasteiger partial charge in [0.2, 0.25) is 0 Å². The van der Waals surface area contributed by atoms with Crippen LogP contribution in [0.3, 0.4) is 0 Å². The Kier molecular flexibility index (Phi) is 3.02. The SMILES string of the molecule is CN1CC(=O)N(Cc2occc2C(=O)NN)C1=O. The molecule has 0 bridgehead atoms. The zero-order valence-electron chi connectivity index (χ0n) is 9.67. The van der Waals surface area contributed by atoms with Crippen LogP contribution >= 0.6 is 0 Å². The van der Waals surface area contributed by atoms with Gasteiger partial charge >= 0.3 is 6.03 Å². The summed E-state index contributed by atoms with van der Waals surface area (Å²) in [5, 5.41) is 0. The van der Waals surface area contributed by atoms with Crippen molar-refractivity contribution in [2.75, 3.05) is 13.6 Å². The smallest absolute Gasteiger partial charge is 0.327 e. The minimum atomic E-state index is -0.536. The second kappa shape index (κ2) is 4.49. The third kappa shape index (κ3) is 1.93. The summed E-state index contributed by atoms with van der Waals surface area (Å²) in [6.45, 7) is -0.0598. The van der Waals surface area contributed by atoms with E-state index in [2.05, 4.69) is 0 Å². The van der Waals surface area contributed by atoms with Crippen LogP contribution in [-0.4, -0.2) is 41.2 Å². The molecule has 0 atom stereocenters. The lowest BCUT2D eigenvalue weighted by Crippen LogP contribution is -2.33. The van der Waals surface area contributed by atoms with Gasteiger partial charge in [-0.1, -0.05) is 0 Å². The van der Waals surface area contributed by atoms with Crippen LogP contribution in [0, 0.1) is 0 Å². The minimum absolute atomic E-state index is 0.0258. The number of carbonyl (C=O) groups is 3. The van der Waals surface area contributed by atoms with Gasteiger partial charge in [-0.15, -0.1) is 0 Å². The number of furan rings is 1. The molecule has 1 saturated heterocycles. The molecule has 0 spiro atoms. The molecule has 2 heterocycles. The topological polar surface area (TPSA) is 109 Å². The van der Waals surface area contributed by atoms with Crippen LogP contribution in [0.5, 0.6) is 0 Å². The number of hydrogen-bond donors (Lipinski definition) is 2. The zero-order valence-corrected chi connectivity index (χ0v) is 9.67. The fourth-order valence-corrected chi connectivity index (χ4v) is 1.71. The highest BCUT2D eigenvalue weighted by molar-refractivity contribution is 6.02. The van der Waals surface area contributed by atoms with Gasteiger partial charge in [-0.05, 0) is 6.07 Å². The van der Waals surface area contributed by atoms with E-state index >= 15 is 0 Å². The van der Waals surface area contributed by atoms with Gasteiger partial charge in [-0.2, -0.15) is 0 Å². The van der Waals surface area contributed by atoms with Crippen molar-refractivity contribution in [2.24, 2.45) is 5.84 Å². The molecule has 1 aliphatic heterocycles. The average Bonchev–Trinajstić information content (AvgIpc) is 2.89. The molecule has 0 unspecified atom stereocenters. The van der Waals surface area contributed by atoms with Crippen LogP contribution in [0.4, 0.5) is 4.79 Å². The molecule has 0 radical (unpaired) electrons. The summed E-state index contributed by atoms with van der Waals surface area (Å²) in [6.07, 6.45) is 1.30. The maximum atomic E-state index is 11.7. The first-order valence-electron chi connectivity index (χ1n) is 5.17. The highest BCUT2D eigenvalue weighted by Gasteiger charge is 2.34. The fraction of sp³-hybridized carbons (Fsp3) is 0.300. The minimum Gasteiger partial charge on any atom is -0.467 e. The van der Waals surface area contributed by atoms with E-state index in [0.29, 0.717) is 0 Å². The monoisotopic (exact) mass is 252 g/mol. The molecular weight excluding hydrogens is 240 g/mol. The van der Waals surface area contributed by atoms with Crippen molar-refractivity contribution in [2.45, 2.75) is 6.54 Å². The lowest BCUT2D eigenvalue weighted by molar-refractivity contribution is -0.125. The molecule has 1 aromatic rings. The number of likely N-dealkylation sites (N-methyl/N-ethyl adjacent to an activating group) is 1. The first-order chi connectivity index (χ1) is 8.54. The largest absolute Gasteiger partial charge is 0.467 e. The fourth-order valence-electron chi connectivity index (χ4n) is 1.71. The molecule has 0 aromatic carbocycles. The van der Waals surface area contributed by atoms with E-state index in [1.165, 1.54) is 24.3 Å². The van der Waals surface area contributed by atoms with Crippen LogP contribution < -0.4 is 11.3 Å². The summed E-state index contributed by atoms with van der Waals surface area (Å²) in [6, 6.07) is 1.00. The number of carbonyl (C=O) groups excluding carboxylic acids is 3. The maximum Gasteiger partial charge on any atom is 0.327 e. The summed E-state index contributed by atoms with van der Waals surface area (Å²) in [5.74, 6) is 4.37. The molecule has 0 saturated carbocycles. The van der Waals surface area contributed by atoms with Gasteiger partial charge in [0, 0.05) is 7.05 Å². The van der Waals surface area contributed by atoms with Gasteiger partial charge in [-0.3, -0.25) is 19.9 Å². The molecule has 1 aliphatic rings. The molecule has 18 heavy (non-hydrogen) atoms. The van der Waals surface area contributed by atoms with Crippen molar-refractivity contribution >= 4 is 17.8 Å². The van der Waals surface area contributed by atoms with Crippen LogP contribution in [0.25, 0.3) is 0 Å². The van der Waals surface area contributed by atoms with Crippen LogP contribution in [0.2, 0.25) is 0 Å². The Hall–Kier alpha value is -2.35. The number of hydrazine groups is 1. The van der Waals surface area contributed by atoms with Crippen molar-refractivity contribution < 1.29 is 18.8 Å². The van der Waals surface area contributed by atoms with Gasteiger partial charge in [0.05, 0.1) is 18.4 Å². The number of nitrogens with one attached hydrogen (secondary N) is 1. The van der Waals surface area contributed by atoms with Crippen LogP contribution in [-0.2, 0) is 11.3 Å². The summed E-state index contributed by atoms with van der Waals surface area (Å²) < 4.78 is 5.10. The Balaban J connectivity index is 2.20. The third-order valence-electron chi connectivity index (χ3n) is 2.65. The number of imide groups is 1. The van der Waals surface area contributed by atoms with Gasteiger partial charge in [-0.25, -0.2) is 10.6 Å². The van der Waals surface area contributed by atoms with Gasteiger partial charge in [0.1, 0.15) is 12.3 Å². The Morgan fingerprint density at radius 2 is 2.28 bits per heavy atom. The third-order valence-corrected chi connectivity index (χ3v) is 2.65. The van der Waals surface area contributed by atoms with E-state index in [0.717, 1.165) is 4.90 Å².